The van der Waals surface area contributed by atoms with Gasteiger partial charge in [-0.15, -0.1) is 0 Å². The van der Waals surface area contributed by atoms with Crippen LogP contribution in [0.3, 0.4) is 0 Å². The molecular formula is C16H27NO3S. The first-order chi connectivity index (χ1) is 10.3. The highest BCUT2D eigenvalue weighted by molar-refractivity contribution is 7.99. The van der Waals surface area contributed by atoms with Gasteiger partial charge < -0.3 is 19.5 Å². The fourth-order valence-corrected chi connectivity index (χ4v) is 2.42. The van der Waals surface area contributed by atoms with Crippen LogP contribution < -0.4 is 19.5 Å². The normalized spacial score (nSPS) is 10.5. The quantitative estimate of drug-likeness (QED) is 0.635. The van der Waals surface area contributed by atoms with Crippen LogP contribution in [0.5, 0.6) is 17.2 Å². The first kappa shape index (κ1) is 18.0. The lowest BCUT2D eigenvalue weighted by molar-refractivity contribution is 0.290. The summed E-state index contributed by atoms with van der Waals surface area (Å²) >= 11 is 1.85. The topological polar surface area (TPSA) is 39.7 Å². The summed E-state index contributed by atoms with van der Waals surface area (Å²) in [5, 5.41) is 3.38. The predicted octanol–water partition coefficient (Wildman–Crippen LogP) is 3.34. The van der Waals surface area contributed by atoms with Gasteiger partial charge in [-0.3, -0.25) is 0 Å². The number of thioether (sulfide) groups is 1. The fraction of sp³-hybridized carbons (Fsp3) is 0.625. The molecule has 0 amide bonds. The van der Waals surface area contributed by atoms with E-state index in [2.05, 4.69) is 19.2 Å². The van der Waals surface area contributed by atoms with Gasteiger partial charge in [0.2, 0.25) is 5.75 Å². The van der Waals surface area contributed by atoms with Gasteiger partial charge in [0.1, 0.15) is 0 Å². The molecule has 4 nitrogen and oxygen atoms in total. The number of benzene rings is 1. The molecule has 0 aliphatic rings. The maximum Gasteiger partial charge on any atom is 0.203 e. The van der Waals surface area contributed by atoms with Gasteiger partial charge in [0, 0.05) is 12.3 Å². The molecule has 0 saturated heterocycles. The SMILES string of the molecule is CCCNCc1cc(OC)c(OCCSCC)c(OC)c1. The summed E-state index contributed by atoms with van der Waals surface area (Å²) in [6.07, 6.45) is 1.12. The number of hydrogen-bond donors (Lipinski definition) is 1. The zero-order valence-corrected chi connectivity index (χ0v) is 14.3. The Hall–Kier alpha value is -1.07. The predicted molar refractivity (Wildman–Crippen MR) is 90.0 cm³/mol. The minimum atomic E-state index is 0.651. The third-order valence-electron chi connectivity index (χ3n) is 2.95. The summed E-state index contributed by atoms with van der Waals surface area (Å²) in [6, 6.07) is 4.01. The van der Waals surface area contributed by atoms with Crippen molar-refractivity contribution in [1.29, 1.82) is 0 Å². The largest absolute Gasteiger partial charge is 0.493 e. The molecule has 0 radical (unpaired) electrons. The van der Waals surface area contributed by atoms with Crippen LogP contribution in [0.1, 0.15) is 25.8 Å². The molecule has 0 unspecified atom stereocenters. The first-order valence-electron chi connectivity index (χ1n) is 7.42. The fourth-order valence-electron chi connectivity index (χ4n) is 1.94. The maximum atomic E-state index is 5.84. The Morgan fingerprint density at radius 2 is 1.76 bits per heavy atom. The van der Waals surface area contributed by atoms with Crippen LogP contribution in [0.2, 0.25) is 0 Å². The van der Waals surface area contributed by atoms with Crippen molar-refractivity contribution >= 4 is 11.8 Å². The van der Waals surface area contributed by atoms with Crippen molar-refractivity contribution in [2.45, 2.75) is 26.8 Å². The van der Waals surface area contributed by atoms with E-state index in [1.807, 2.05) is 23.9 Å². The van der Waals surface area contributed by atoms with E-state index in [1.54, 1.807) is 14.2 Å². The number of rotatable bonds is 11. The molecule has 1 aromatic rings. The van der Waals surface area contributed by atoms with Gasteiger partial charge in [-0.05, 0) is 36.4 Å². The molecule has 0 heterocycles. The summed E-state index contributed by atoms with van der Waals surface area (Å²) in [6.45, 7) is 6.74. The second kappa shape index (κ2) is 10.6. The first-order valence-corrected chi connectivity index (χ1v) is 8.58. The Labute approximate surface area is 132 Å². The van der Waals surface area contributed by atoms with Crippen LogP contribution in [0.15, 0.2) is 12.1 Å². The number of methoxy groups -OCH3 is 2. The molecular weight excluding hydrogens is 286 g/mol. The minimum Gasteiger partial charge on any atom is -0.493 e. The zero-order valence-electron chi connectivity index (χ0n) is 13.5. The van der Waals surface area contributed by atoms with E-state index in [0.29, 0.717) is 12.4 Å². The van der Waals surface area contributed by atoms with Crippen molar-refractivity contribution < 1.29 is 14.2 Å². The Bertz CT molecular complexity index is 388. The van der Waals surface area contributed by atoms with E-state index < -0.39 is 0 Å². The minimum absolute atomic E-state index is 0.651. The average Bonchev–Trinajstić information content (AvgIpc) is 2.51. The molecule has 0 aliphatic heterocycles. The third-order valence-corrected chi connectivity index (χ3v) is 3.82. The number of hydrogen-bond acceptors (Lipinski definition) is 5. The lowest BCUT2D eigenvalue weighted by Crippen LogP contribution is -2.14. The third kappa shape index (κ3) is 6.06. The van der Waals surface area contributed by atoms with E-state index in [9.17, 15) is 0 Å². The molecule has 0 fully saturated rings. The van der Waals surface area contributed by atoms with Gasteiger partial charge in [0.05, 0.1) is 20.8 Å². The Kier molecular flexibility index (Phi) is 9.10. The van der Waals surface area contributed by atoms with Crippen molar-refractivity contribution in [1.82, 2.24) is 5.32 Å². The molecule has 0 atom stereocenters. The monoisotopic (exact) mass is 313 g/mol. The molecule has 1 aromatic carbocycles. The Balaban J connectivity index is 2.80. The molecule has 1 N–H and O–H groups in total. The summed E-state index contributed by atoms with van der Waals surface area (Å²) in [4.78, 5) is 0. The van der Waals surface area contributed by atoms with E-state index >= 15 is 0 Å². The maximum absolute atomic E-state index is 5.84. The van der Waals surface area contributed by atoms with Gasteiger partial charge in [-0.25, -0.2) is 0 Å². The van der Waals surface area contributed by atoms with Crippen LogP contribution >= 0.6 is 11.8 Å². The second-order valence-electron chi connectivity index (χ2n) is 4.55. The standard InChI is InChI=1S/C16H27NO3S/c1-5-7-17-12-13-10-14(18-3)16(15(11-13)19-4)20-8-9-21-6-2/h10-11,17H,5-9,12H2,1-4H3. The summed E-state index contributed by atoms with van der Waals surface area (Å²) in [5.74, 6) is 4.20. The van der Waals surface area contributed by atoms with Crippen LogP contribution in [-0.4, -0.2) is 38.9 Å². The molecule has 1 rings (SSSR count). The van der Waals surface area contributed by atoms with Crippen molar-refractivity contribution in [3.05, 3.63) is 17.7 Å². The van der Waals surface area contributed by atoms with Gasteiger partial charge in [-0.1, -0.05) is 13.8 Å². The smallest absolute Gasteiger partial charge is 0.203 e. The van der Waals surface area contributed by atoms with Gasteiger partial charge in [-0.2, -0.15) is 11.8 Å². The lowest BCUT2D eigenvalue weighted by Gasteiger charge is -2.16. The summed E-state index contributed by atoms with van der Waals surface area (Å²) in [5.41, 5.74) is 1.13. The average molecular weight is 313 g/mol. The summed E-state index contributed by atoms with van der Waals surface area (Å²) in [7, 11) is 3.32. The van der Waals surface area contributed by atoms with Gasteiger partial charge in [0.15, 0.2) is 11.5 Å². The van der Waals surface area contributed by atoms with Gasteiger partial charge >= 0.3 is 0 Å². The van der Waals surface area contributed by atoms with Crippen LogP contribution in [-0.2, 0) is 6.54 Å². The van der Waals surface area contributed by atoms with E-state index in [0.717, 1.165) is 48.1 Å². The van der Waals surface area contributed by atoms with Crippen LogP contribution in [0, 0.1) is 0 Å². The van der Waals surface area contributed by atoms with Crippen molar-refractivity contribution in [3.63, 3.8) is 0 Å². The van der Waals surface area contributed by atoms with Crippen molar-refractivity contribution in [3.8, 4) is 17.2 Å². The molecule has 21 heavy (non-hydrogen) atoms. The van der Waals surface area contributed by atoms with Crippen LogP contribution in [0.4, 0.5) is 0 Å². The number of ether oxygens (including phenoxy) is 3. The van der Waals surface area contributed by atoms with E-state index in [1.165, 1.54) is 0 Å². The van der Waals surface area contributed by atoms with E-state index in [4.69, 9.17) is 14.2 Å². The Morgan fingerprint density at radius 3 is 2.29 bits per heavy atom. The van der Waals surface area contributed by atoms with Crippen molar-refractivity contribution in [2.24, 2.45) is 0 Å². The second-order valence-corrected chi connectivity index (χ2v) is 5.95. The molecule has 120 valence electrons. The molecule has 0 spiro atoms. The van der Waals surface area contributed by atoms with Crippen LogP contribution in [0.25, 0.3) is 0 Å². The molecule has 0 aromatic heterocycles. The molecule has 5 heteroatoms. The highest BCUT2D eigenvalue weighted by atomic mass is 32.2. The highest BCUT2D eigenvalue weighted by Crippen LogP contribution is 2.38. The zero-order chi connectivity index (χ0) is 15.5. The summed E-state index contributed by atoms with van der Waals surface area (Å²) < 4.78 is 16.7. The molecule has 0 bridgehead atoms. The Morgan fingerprint density at radius 1 is 1.10 bits per heavy atom. The highest BCUT2D eigenvalue weighted by Gasteiger charge is 2.14. The van der Waals surface area contributed by atoms with Gasteiger partial charge in [0.25, 0.3) is 0 Å². The van der Waals surface area contributed by atoms with Crippen molar-refractivity contribution in [2.75, 3.05) is 38.9 Å². The lowest BCUT2D eigenvalue weighted by atomic mass is 10.1. The molecule has 0 aliphatic carbocycles. The van der Waals surface area contributed by atoms with E-state index in [-0.39, 0.29) is 0 Å². The number of nitrogens with one attached hydrogen (secondary N) is 1. The molecule has 0 saturated carbocycles.